The van der Waals surface area contributed by atoms with Crippen LogP contribution in [0.15, 0.2) is 30.6 Å². The Kier molecular flexibility index (Phi) is 7.89. The van der Waals surface area contributed by atoms with Crippen molar-refractivity contribution in [3.8, 4) is 0 Å². The fourth-order valence-corrected chi connectivity index (χ4v) is 5.42. The summed E-state index contributed by atoms with van der Waals surface area (Å²) in [4.78, 5) is 15.0. The van der Waals surface area contributed by atoms with Gasteiger partial charge in [-0.2, -0.15) is 13.5 Å². The summed E-state index contributed by atoms with van der Waals surface area (Å²) in [5.41, 5.74) is 2.63. The summed E-state index contributed by atoms with van der Waals surface area (Å²) in [6.45, 7) is 9.49. The normalized spacial score (nSPS) is 15.7. The van der Waals surface area contributed by atoms with Crippen molar-refractivity contribution in [1.82, 2.24) is 19.1 Å². The Labute approximate surface area is 202 Å². The van der Waals surface area contributed by atoms with E-state index in [-0.39, 0.29) is 17.5 Å². The number of hydrogen-bond acceptors (Lipinski definition) is 6. The van der Waals surface area contributed by atoms with E-state index in [0.29, 0.717) is 31.6 Å². The summed E-state index contributed by atoms with van der Waals surface area (Å²) >= 11 is 0. The molecule has 0 bridgehead atoms. The van der Waals surface area contributed by atoms with Crippen molar-refractivity contribution in [2.24, 2.45) is 7.05 Å². The van der Waals surface area contributed by atoms with E-state index in [2.05, 4.69) is 21.4 Å². The topological polar surface area (TPSA) is 114 Å². The van der Waals surface area contributed by atoms with Crippen LogP contribution in [0.25, 0.3) is 0 Å². The van der Waals surface area contributed by atoms with Crippen LogP contribution in [0.4, 0.5) is 16.2 Å². The van der Waals surface area contributed by atoms with Crippen molar-refractivity contribution in [1.29, 1.82) is 0 Å². The van der Waals surface area contributed by atoms with Crippen LogP contribution in [-0.2, 0) is 17.3 Å². The van der Waals surface area contributed by atoms with Gasteiger partial charge < -0.3 is 15.4 Å². The maximum Gasteiger partial charge on any atom is 0.326 e. The van der Waals surface area contributed by atoms with Gasteiger partial charge in [0.2, 0.25) is 0 Å². The zero-order valence-electron chi connectivity index (χ0n) is 20.7. The Morgan fingerprint density at radius 2 is 1.65 bits per heavy atom. The van der Waals surface area contributed by atoms with E-state index in [0.717, 1.165) is 15.4 Å². The molecule has 1 aliphatic rings. The van der Waals surface area contributed by atoms with Gasteiger partial charge in [-0.05, 0) is 68.1 Å². The van der Waals surface area contributed by atoms with Crippen molar-refractivity contribution in [2.45, 2.75) is 58.4 Å². The molecule has 2 heterocycles. The third-order valence-corrected chi connectivity index (χ3v) is 7.74. The molecule has 188 valence electrons. The number of urea groups is 1. The number of likely N-dealkylation sites (tertiary alicyclic amines) is 1. The van der Waals surface area contributed by atoms with Gasteiger partial charge in [0.15, 0.2) is 0 Å². The van der Waals surface area contributed by atoms with E-state index in [1.54, 1.807) is 19.2 Å². The largest absolute Gasteiger partial charge is 0.740 e. The highest BCUT2D eigenvalue weighted by Crippen LogP contribution is 2.29. The molecule has 0 aliphatic carbocycles. The van der Waals surface area contributed by atoms with Crippen LogP contribution in [0.2, 0.25) is 0 Å². The third kappa shape index (κ3) is 5.70. The van der Waals surface area contributed by atoms with E-state index in [9.17, 15) is 18.4 Å². The molecule has 2 aromatic rings. The van der Waals surface area contributed by atoms with Crippen LogP contribution in [-0.4, -0.2) is 59.8 Å². The van der Waals surface area contributed by atoms with Gasteiger partial charge in [0, 0.05) is 25.0 Å². The van der Waals surface area contributed by atoms with E-state index in [1.807, 2.05) is 34.7 Å². The predicted molar refractivity (Wildman–Crippen MR) is 134 cm³/mol. The summed E-state index contributed by atoms with van der Waals surface area (Å²) in [6, 6.07) is 3.89. The first-order chi connectivity index (χ1) is 15.9. The number of benzene rings is 1. The van der Waals surface area contributed by atoms with Gasteiger partial charge in [-0.25, -0.2) is 9.10 Å². The molecule has 1 aromatic carbocycles. The first kappa shape index (κ1) is 26.0. The van der Waals surface area contributed by atoms with Crippen molar-refractivity contribution in [3.05, 3.63) is 46.9 Å². The van der Waals surface area contributed by atoms with Crippen molar-refractivity contribution in [2.75, 3.05) is 29.8 Å². The maximum absolute atomic E-state index is 13.4. The van der Waals surface area contributed by atoms with Crippen LogP contribution < -0.4 is 9.62 Å². The number of nitrogens with zero attached hydrogens (tertiary/aromatic N) is 5. The maximum atomic E-state index is 13.4. The average molecular weight is 492 g/mol. The summed E-state index contributed by atoms with van der Waals surface area (Å²) < 4.78 is 28.9. The lowest BCUT2D eigenvalue weighted by Crippen LogP contribution is -2.52. The monoisotopic (exact) mass is 491 g/mol. The molecule has 1 N–H and O–H groups in total. The molecule has 1 saturated heterocycles. The Morgan fingerprint density at radius 3 is 2.12 bits per heavy atom. The third-order valence-electron chi connectivity index (χ3n) is 6.15. The zero-order valence-corrected chi connectivity index (χ0v) is 21.5. The fraction of sp³-hybridized carbons (Fsp3) is 0.565. The number of rotatable bonds is 7. The number of hydrogen-bond donors (Lipinski definition) is 1. The highest BCUT2D eigenvalue weighted by molar-refractivity contribution is 7.91. The quantitative estimate of drug-likeness (QED) is 0.589. The molecule has 0 atom stereocenters. The Bertz CT molecular complexity index is 1080. The van der Waals surface area contributed by atoms with Crippen LogP contribution >= 0.6 is 0 Å². The standard InChI is InChI=1S/C23H35N6O4S/c1-16(2)18-11-19(17(3)4)13-20(12-18)25-23(30)29(31)34(32,33)28(22-14-24-27(6)15-22)21-7-9-26(5)10-8-21/h11-17,21H,7-10H2,1-6H3,(H,25,30)/q-1. The van der Waals surface area contributed by atoms with Gasteiger partial charge in [0.1, 0.15) is 0 Å². The first-order valence-corrected chi connectivity index (χ1v) is 12.9. The molecule has 2 amide bonds. The molecule has 0 radical (unpaired) electrons. The Balaban J connectivity index is 1.90. The van der Waals surface area contributed by atoms with E-state index in [1.165, 1.54) is 17.1 Å². The number of anilines is 2. The lowest BCUT2D eigenvalue weighted by atomic mass is 9.95. The molecular weight excluding hydrogens is 456 g/mol. The van der Waals surface area contributed by atoms with Gasteiger partial charge in [-0.15, -0.1) is 0 Å². The molecule has 0 spiro atoms. The number of aromatic nitrogens is 2. The van der Waals surface area contributed by atoms with Gasteiger partial charge in [-0.1, -0.05) is 33.8 Å². The summed E-state index contributed by atoms with van der Waals surface area (Å²) in [6.07, 6.45) is 3.99. The van der Waals surface area contributed by atoms with Crippen LogP contribution in [0.1, 0.15) is 63.5 Å². The van der Waals surface area contributed by atoms with Crippen LogP contribution in [0, 0.1) is 5.21 Å². The minimum absolute atomic E-state index is 0.201. The number of amides is 2. The number of carbonyl (C=O) groups excluding carboxylic acids is 1. The molecular formula is C23H35N6O4S-. The number of carbonyl (C=O) groups is 1. The molecule has 1 aromatic heterocycles. The van der Waals surface area contributed by atoms with Crippen molar-refractivity contribution < 1.29 is 13.2 Å². The highest BCUT2D eigenvalue weighted by atomic mass is 32.2. The predicted octanol–water partition coefficient (Wildman–Crippen LogP) is 3.84. The second kappa shape index (κ2) is 10.3. The molecule has 1 fully saturated rings. The first-order valence-electron chi connectivity index (χ1n) is 11.5. The number of piperidine rings is 1. The minimum Gasteiger partial charge on any atom is -0.740 e. The summed E-state index contributed by atoms with van der Waals surface area (Å²) in [5.74, 6) is 0.402. The van der Waals surface area contributed by atoms with Gasteiger partial charge in [0.05, 0.1) is 11.9 Å². The van der Waals surface area contributed by atoms with Crippen LogP contribution in [0.5, 0.6) is 0 Å². The lowest BCUT2D eigenvalue weighted by molar-refractivity contribution is 0.242. The van der Waals surface area contributed by atoms with E-state index >= 15 is 0 Å². The Hall–Kier alpha value is -2.63. The SMILES string of the molecule is CC(C)c1cc(NC(=O)N([O-])S(=O)(=O)N(c2cnn(C)c2)C2CCN(C)CC2)cc(C(C)C)c1. The number of hydroxylamine groups is 1. The molecule has 0 unspecified atom stereocenters. The molecule has 3 rings (SSSR count). The van der Waals surface area contributed by atoms with Gasteiger partial charge >= 0.3 is 16.2 Å². The van der Waals surface area contributed by atoms with Gasteiger partial charge in [0.25, 0.3) is 0 Å². The molecule has 34 heavy (non-hydrogen) atoms. The Morgan fingerprint density at radius 1 is 1.09 bits per heavy atom. The summed E-state index contributed by atoms with van der Waals surface area (Å²) in [7, 11) is -1.08. The molecule has 1 aliphatic heterocycles. The molecule has 11 heteroatoms. The average Bonchev–Trinajstić information content (AvgIpc) is 3.19. The number of nitrogens with one attached hydrogen (secondary N) is 1. The van der Waals surface area contributed by atoms with Crippen LogP contribution in [0.3, 0.4) is 0 Å². The highest BCUT2D eigenvalue weighted by Gasteiger charge is 2.36. The van der Waals surface area contributed by atoms with E-state index < -0.39 is 26.8 Å². The lowest BCUT2D eigenvalue weighted by Gasteiger charge is -2.41. The summed E-state index contributed by atoms with van der Waals surface area (Å²) in [5, 5.41) is 19.5. The van der Waals surface area contributed by atoms with Crippen molar-refractivity contribution >= 4 is 27.6 Å². The number of aryl methyl sites for hydroxylation is 1. The van der Waals surface area contributed by atoms with Crippen molar-refractivity contribution in [3.63, 3.8) is 0 Å². The molecule has 10 nitrogen and oxygen atoms in total. The second-order valence-corrected chi connectivity index (χ2v) is 11.2. The smallest absolute Gasteiger partial charge is 0.326 e. The second-order valence-electron chi connectivity index (χ2n) is 9.57. The van der Waals surface area contributed by atoms with E-state index in [4.69, 9.17) is 0 Å². The zero-order chi connectivity index (χ0) is 25.2. The van der Waals surface area contributed by atoms with Gasteiger partial charge in [-0.3, -0.25) is 9.15 Å². The molecule has 0 saturated carbocycles. The minimum atomic E-state index is -4.70. The fourth-order valence-electron chi connectivity index (χ4n) is 4.05.